The molecule has 2 fully saturated rings. The van der Waals surface area contributed by atoms with E-state index in [-0.39, 0.29) is 5.82 Å². The quantitative estimate of drug-likeness (QED) is 0.472. The van der Waals surface area contributed by atoms with Crippen LogP contribution >= 0.6 is 15.9 Å². The molecular formula is C23H32BrF. The molecule has 0 bridgehead atoms. The number of hydrogen-bond acceptors (Lipinski definition) is 0. The first-order valence-electron chi connectivity index (χ1n) is 10.2. The van der Waals surface area contributed by atoms with Crippen LogP contribution in [0.1, 0.15) is 68.9 Å². The van der Waals surface area contributed by atoms with Crippen LogP contribution in [-0.4, -0.2) is 0 Å². The average molecular weight is 407 g/mol. The fourth-order valence-electron chi connectivity index (χ4n) is 5.02. The molecule has 3 rings (SSSR count). The van der Waals surface area contributed by atoms with Gasteiger partial charge in [-0.1, -0.05) is 47.0 Å². The highest BCUT2D eigenvalue weighted by molar-refractivity contribution is 9.11. The van der Waals surface area contributed by atoms with E-state index in [0.717, 1.165) is 35.7 Å². The van der Waals surface area contributed by atoms with E-state index in [0.29, 0.717) is 0 Å². The van der Waals surface area contributed by atoms with Crippen LogP contribution in [0.4, 0.5) is 4.39 Å². The van der Waals surface area contributed by atoms with Gasteiger partial charge in [0.2, 0.25) is 0 Å². The lowest BCUT2D eigenvalue weighted by Gasteiger charge is -2.37. The highest BCUT2D eigenvalue weighted by atomic mass is 79.9. The maximum absolute atomic E-state index is 13.7. The summed E-state index contributed by atoms with van der Waals surface area (Å²) in [4.78, 5) is 2.04. The molecule has 1 aromatic rings. The maximum atomic E-state index is 13.7. The molecule has 0 unspecified atom stereocenters. The highest BCUT2D eigenvalue weighted by Crippen LogP contribution is 2.42. The third-order valence-electron chi connectivity index (χ3n) is 6.80. The number of aryl methyl sites for hydroxylation is 2. The SMILES string of the molecule is Cc1ccc(CCC2CCC(C3CCC(C=CBr)CC3)CC2)cc1F. The van der Waals surface area contributed by atoms with Crippen molar-refractivity contribution in [1.82, 2.24) is 0 Å². The van der Waals surface area contributed by atoms with E-state index in [2.05, 4.69) is 28.1 Å². The molecule has 0 nitrogen and oxygen atoms in total. The second-order valence-electron chi connectivity index (χ2n) is 8.40. The average Bonchev–Trinajstić information content (AvgIpc) is 2.64. The Bertz CT molecular complexity index is 563. The minimum absolute atomic E-state index is 0.0495. The smallest absolute Gasteiger partial charge is 0.126 e. The molecule has 0 heterocycles. The van der Waals surface area contributed by atoms with E-state index in [9.17, 15) is 4.39 Å². The number of halogens is 2. The van der Waals surface area contributed by atoms with Gasteiger partial charge in [0.1, 0.15) is 5.82 Å². The zero-order valence-electron chi connectivity index (χ0n) is 15.5. The summed E-state index contributed by atoms with van der Waals surface area (Å²) in [5, 5.41) is 0. The number of rotatable bonds is 5. The monoisotopic (exact) mass is 406 g/mol. The van der Waals surface area contributed by atoms with Crippen LogP contribution in [0.2, 0.25) is 0 Å². The van der Waals surface area contributed by atoms with Crippen molar-refractivity contribution in [2.75, 3.05) is 0 Å². The third-order valence-corrected chi connectivity index (χ3v) is 7.10. The van der Waals surface area contributed by atoms with E-state index in [4.69, 9.17) is 0 Å². The Labute approximate surface area is 161 Å². The topological polar surface area (TPSA) is 0 Å². The van der Waals surface area contributed by atoms with Crippen molar-refractivity contribution in [3.8, 4) is 0 Å². The summed E-state index contributed by atoms with van der Waals surface area (Å²) in [5.41, 5.74) is 1.92. The summed E-state index contributed by atoms with van der Waals surface area (Å²) < 4.78 is 13.7. The summed E-state index contributed by atoms with van der Waals surface area (Å²) in [5.74, 6) is 3.57. The third kappa shape index (κ3) is 5.42. The summed E-state index contributed by atoms with van der Waals surface area (Å²) in [6.07, 6.45) is 15.9. The fourth-order valence-corrected chi connectivity index (χ4v) is 5.45. The molecule has 138 valence electrons. The highest BCUT2D eigenvalue weighted by Gasteiger charge is 2.30. The van der Waals surface area contributed by atoms with Gasteiger partial charge < -0.3 is 0 Å². The molecule has 1 aromatic carbocycles. The Morgan fingerprint density at radius 2 is 1.64 bits per heavy atom. The zero-order chi connectivity index (χ0) is 17.6. The van der Waals surface area contributed by atoms with Crippen LogP contribution in [0.15, 0.2) is 29.3 Å². The van der Waals surface area contributed by atoms with Crippen molar-refractivity contribution in [2.45, 2.75) is 71.1 Å². The summed E-state index contributed by atoms with van der Waals surface area (Å²) in [6, 6.07) is 5.76. The van der Waals surface area contributed by atoms with Crippen molar-refractivity contribution in [2.24, 2.45) is 23.7 Å². The Kier molecular flexibility index (Phi) is 7.16. The lowest BCUT2D eigenvalue weighted by molar-refractivity contribution is 0.153. The van der Waals surface area contributed by atoms with E-state index in [1.165, 1.54) is 63.4 Å². The van der Waals surface area contributed by atoms with Gasteiger partial charge in [-0.25, -0.2) is 4.39 Å². The van der Waals surface area contributed by atoms with Gasteiger partial charge in [0.25, 0.3) is 0 Å². The lowest BCUT2D eigenvalue weighted by Crippen LogP contribution is -2.25. The second kappa shape index (κ2) is 9.35. The van der Waals surface area contributed by atoms with Crippen LogP contribution in [0.3, 0.4) is 0 Å². The first-order valence-corrected chi connectivity index (χ1v) is 11.1. The number of allylic oxidation sites excluding steroid dienone is 1. The van der Waals surface area contributed by atoms with Gasteiger partial charge in [0.05, 0.1) is 0 Å². The second-order valence-corrected chi connectivity index (χ2v) is 8.92. The van der Waals surface area contributed by atoms with Crippen molar-refractivity contribution in [3.63, 3.8) is 0 Å². The summed E-state index contributed by atoms with van der Waals surface area (Å²) >= 11 is 3.42. The zero-order valence-corrected chi connectivity index (χ0v) is 17.1. The molecule has 0 saturated heterocycles. The van der Waals surface area contributed by atoms with E-state index < -0.39 is 0 Å². The molecule has 0 N–H and O–H groups in total. The van der Waals surface area contributed by atoms with Crippen molar-refractivity contribution >= 4 is 15.9 Å². The van der Waals surface area contributed by atoms with Gasteiger partial charge in [0.15, 0.2) is 0 Å². The lowest BCUT2D eigenvalue weighted by atomic mass is 9.68. The summed E-state index contributed by atoms with van der Waals surface area (Å²) in [7, 11) is 0. The van der Waals surface area contributed by atoms with Crippen molar-refractivity contribution in [1.29, 1.82) is 0 Å². The molecule has 0 spiro atoms. The summed E-state index contributed by atoms with van der Waals surface area (Å²) in [6.45, 7) is 1.84. The molecule has 2 heteroatoms. The molecular weight excluding hydrogens is 375 g/mol. The molecule has 25 heavy (non-hydrogen) atoms. The van der Waals surface area contributed by atoms with Gasteiger partial charge >= 0.3 is 0 Å². The first kappa shape index (κ1) is 19.1. The Morgan fingerprint density at radius 1 is 1.00 bits per heavy atom. The molecule has 0 amide bonds. The first-order chi connectivity index (χ1) is 12.2. The van der Waals surface area contributed by atoms with Gasteiger partial charge in [0, 0.05) is 0 Å². The van der Waals surface area contributed by atoms with Gasteiger partial charge in [-0.2, -0.15) is 0 Å². The Balaban J connectivity index is 1.39. The number of hydrogen-bond donors (Lipinski definition) is 0. The molecule has 2 aliphatic carbocycles. The molecule has 2 saturated carbocycles. The van der Waals surface area contributed by atoms with Crippen molar-refractivity contribution < 1.29 is 4.39 Å². The Hall–Kier alpha value is -0.630. The molecule has 0 aliphatic heterocycles. The molecule has 0 atom stereocenters. The standard InChI is InChI=1S/C23H32BrF/c1-17-2-3-20(16-23(17)25)5-4-18-6-10-21(11-7-18)22-12-8-19(9-13-22)14-15-24/h2-3,14-16,18-19,21-22H,4-13H2,1H3. The fraction of sp³-hybridized carbons (Fsp3) is 0.652. The van der Waals surface area contributed by atoms with Crippen LogP contribution in [-0.2, 0) is 6.42 Å². The number of benzene rings is 1. The minimum Gasteiger partial charge on any atom is -0.207 e. The van der Waals surface area contributed by atoms with Gasteiger partial charge in [-0.05, 0) is 104 Å². The van der Waals surface area contributed by atoms with Crippen LogP contribution in [0.25, 0.3) is 0 Å². The molecule has 2 aliphatic rings. The van der Waals surface area contributed by atoms with Crippen LogP contribution in [0.5, 0.6) is 0 Å². The van der Waals surface area contributed by atoms with Gasteiger partial charge in [-0.15, -0.1) is 0 Å². The maximum Gasteiger partial charge on any atom is 0.126 e. The molecule has 0 radical (unpaired) electrons. The Morgan fingerprint density at radius 3 is 2.24 bits per heavy atom. The minimum atomic E-state index is -0.0495. The predicted molar refractivity (Wildman–Crippen MR) is 108 cm³/mol. The molecule has 0 aromatic heterocycles. The van der Waals surface area contributed by atoms with Crippen LogP contribution < -0.4 is 0 Å². The van der Waals surface area contributed by atoms with Crippen molar-refractivity contribution in [3.05, 3.63) is 46.2 Å². The van der Waals surface area contributed by atoms with E-state index in [1.807, 2.05) is 18.0 Å². The van der Waals surface area contributed by atoms with Crippen LogP contribution in [0, 0.1) is 36.4 Å². The largest absolute Gasteiger partial charge is 0.207 e. The van der Waals surface area contributed by atoms with E-state index in [1.54, 1.807) is 6.07 Å². The van der Waals surface area contributed by atoms with E-state index >= 15 is 0 Å². The normalized spacial score (nSPS) is 30.7. The van der Waals surface area contributed by atoms with Gasteiger partial charge in [-0.3, -0.25) is 0 Å². The predicted octanol–water partition coefficient (Wildman–Crippen LogP) is 7.59.